The first-order chi connectivity index (χ1) is 21.8. The molecule has 0 saturated heterocycles. The molecule has 1 atom stereocenters. The summed E-state index contributed by atoms with van der Waals surface area (Å²) in [6, 6.07) is 23.1. The molecule has 1 aromatic heterocycles. The van der Waals surface area contributed by atoms with Crippen LogP contribution in [0.1, 0.15) is 74.0 Å². The molecule has 3 aromatic carbocycles. The second-order valence-electron chi connectivity index (χ2n) is 12.4. The van der Waals surface area contributed by atoms with Crippen LogP contribution in [0.25, 0.3) is 10.9 Å². The fourth-order valence-corrected chi connectivity index (χ4v) is 6.98. The van der Waals surface area contributed by atoms with Crippen LogP contribution < -0.4 is 19.5 Å². The Balaban J connectivity index is 1.54. The van der Waals surface area contributed by atoms with Gasteiger partial charge in [0.1, 0.15) is 22.9 Å². The van der Waals surface area contributed by atoms with Crippen LogP contribution in [0.2, 0.25) is 0 Å². The third kappa shape index (κ3) is 5.74. The summed E-state index contributed by atoms with van der Waals surface area (Å²) in [6.45, 7) is 4.44. The van der Waals surface area contributed by atoms with E-state index in [0.717, 1.165) is 53.5 Å². The average molecular weight is 610 g/mol. The Labute approximate surface area is 265 Å². The van der Waals surface area contributed by atoms with Crippen LogP contribution in [0.3, 0.4) is 0 Å². The monoisotopic (exact) mass is 609 g/mol. The van der Waals surface area contributed by atoms with Gasteiger partial charge in [-0.15, -0.1) is 0 Å². The van der Waals surface area contributed by atoms with Crippen LogP contribution >= 0.6 is 0 Å². The molecule has 1 aliphatic carbocycles. The predicted octanol–water partition coefficient (Wildman–Crippen LogP) is 6.84. The summed E-state index contributed by atoms with van der Waals surface area (Å²) in [6.07, 6.45) is 6.44. The zero-order valence-corrected chi connectivity index (χ0v) is 26.7. The van der Waals surface area contributed by atoms with Crippen molar-refractivity contribution in [2.45, 2.75) is 83.1 Å². The number of ether oxygens (including phenoxy) is 3. The van der Waals surface area contributed by atoms with Crippen molar-refractivity contribution in [3.05, 3.63) is 89.6 Å². The number of methoxy groups -OCH3 is 2. The largest absolute Gasteiger partial charge is 0.496 e. The zero-order valence-electron chi connectivity index (χ0n) is 26.7. The molecular weight excluding hydrogens is 566 g/mol. The Hall–Kier alpha value is -4.46. The third-order valence-corrected chi connectivity index (χ3v) is 9.19. The molecule has 4 aromatic rings. The number of aromatic nitrogens is 1. The Kier molecular flexibility index (Phi) is 8.74. The topological polar surface area (TPSA) is 82.0 Å². The van der Waals surface area contributed by atoms with Crippen molar-refractivity contribution in [3.8, 4) is 17.2 Å². The van der Waals surface area contributed by atoms with E-state index in [2.05, 4.69) is 5.32 Å². The van der Waals surface area contributed by atoms with Crippen molar-refractivity contribution >= 4 is 22.7 Å². The van der Waals surface area contributed by atoms with Gasteiger partial charge in [-0.3, -0.25) is 9.59 Å². The first kappa shape index (κ1) is 30.6. The van der Waals surface area contributed by atoms with E-state index in [1.807, 2.05) is 91.2 Å². The molecule has 1 N–H and O–H groups in total. The van der Waals surface area contributed by atoms with Crippen LogP contribution in [0.4, 0.5) is 0 Å². The highest BCUT2D eigenvalue weighted by atomic mass is 16.5. The Morgan fingerprint density at radius 1 is 0.911 bits per heavy atom. The maximum Gasteiger partial charge on any atom is 0.272 e. The molecular formula is C37H43N3O5. The molecule has 0 spiro atoms. The number of rotatable bonds is 9. The molecule has 2 amide bonds. The van der Waals surface area contributed by atoms with Crippen molar-refractivity contribution < 1.29 is 23.8 Å². The van der Waals surface area contributed by atoms with Gasteiger partial charge in [-0.05, 0) is 68.1 Å². The van der Waals surface area contributed by atoms with Crippen LogP contribution in [0.5, 0.6) is 17.2 Å². The summed E-state index contributed by atoms with van der Waals surface area (Å²) >= 11 is 0. The van der Waals surface area contributed by atoms with Gasteiger partial charge in [-0.1, -0.05) is 68.1 Å². The first-order valence-corrected chi connectivity index (χ1v) is 16.0. The van der Waals surface area contributed by atoms with E-state index >= 15 is 0 Å². The molecule has 236 valence electrons. The van der Waals surface area contributed by atoms with Gasteiger partial charge in [0.15, 0.2) is 5.54 Å². The number of amides is 2. The van der Waals surface area contributed by atoms with E-state index in [-0.39, 0.29) is 37.0 Å². The molecule has 8 nitrogen and oxygen atoms in total. The predicted molar refractivity (Wildman–Crippen MR) is 175 cm³/mol. The summed E-state index contributed by atoms with van der Waals surface area (Å²) in [5, 5.41) is 4.20. The number of hydrogen-bond donors (Lipinski definition) is 1. The minimum atomic E-state index is -1.33. The SMILES string of the molecule is COc1ccc(OC)c2c1cc1n2C[C@](C(=O)NC2CCCCCC2)(c2ccccc2)N(Cc2ccc(OC(C)C)cc2)C1=O. The minimum Gasteiger partial charge on any atom is -0.496 e. The van der Waals surface area contributed by atoms with E-state index in [9.17, 15) is 9.59 Å². The molecule has 0 unspecified atom stereocenters. The molecule has 1 saturated carbocycles. The van der Waals surface area contributed by atoms with Gasteiger partial charge >= 0.3 is 0 Å². The van der Waals surface area contributed by atoms with Crippen molar-refractivity contribution in [2.24, 2.45) is 0 Å². The Bertz CT molecular complexity index is 1660. The maximum absolute atomic E-state index is 15.0. The number of benzene rings is 3. The van der Waals surface area contributed by atoms with E-state index in [0.29, 0.717) is 17.2 Å². The number of nitrogens with zero attached hydrogens (tertiary/aromatic N) is 2. The van der Waals surface area contributed by atoms with Gasteiger partial charge in [-0.25, -0.2) is 0 Å². The van der Waals surface area contributed by atoms with Gasteiger partial charge in [0.25, 0.3) is 11.8 Å². The molecule has 0 radical (unpaired) electrons. The fourth-order valence-electron chi connectivity index (χ4n) is 6.98. The van der Waals surface area contributed by atoms with E-state index in [1.54, 1.807) is 19.1 Å². The fraction of sp³-hybridized carbons (Fsp3) is 0.405. The van der Waals surface area contributed by atoms with Gasteiger partial charge in [0.05, 0.1) is 32.4 Å². The molecule has 1 aliphatic heterocycles. The zero-order chi connectivity index (χ0) is 31.6. The van der Waals surface area contributed by atoms with Crippen LogP contribution in [0.15, 0.2) is 72.8 Å². The van der Waals surface area contributed by atoms with Gasteiger partial charge in [0.2, 0.25) is 0 Å². The summed E-state index contributed by atoms with van der Waals surface area (Å²) in [4.78, 5) is 31.6. The third-order valence-electron chi connectivity index (χ3n) is 9.19. The van der Waals surface area contributed by atoms with E-state index in [1.165, 1.54) is 12.8 Å². The molecule has 8 heteroatoms. The lowest BCUT2D eigenvalue weighted by Crippen LogP contribution is -2.63. The standard InChI is InChI=1S/C37H43N3O5/c1-25(2)45-29-18-16-26(17-19-29)23-40-35(41)31-22-30-32(43-3)20-21-33(44-4)34(30)39(31)24-37(40,27-12-8-7-9-13-27)36(42)38-28-14-10-5-6-11-15-28/h7-9,12-13,16-22,25,28H,5-6,10-11,14-15,23-24H2,1-4H3,(H,38,42)/t37-/m1/s1. The van der Waals surface area contributed by atoms with Crippen molar-refractivity contribution in [1.29, 1.82) is 0 Å². The molecule has 1 fully saturated rings. The van der Waals surface area contributed by atoms with Gasteiger partial charge < -0.3 is 29.0 Å². The van der Waals surface area contributed by atoms with Crippen LogP contribution in [-0.4, -0.2) is 47.6 Å². The van der Waals surface area contributed by atoms with Crippen LogP contribution in [-0.2, 0) is 23.4 Å². The highest BCUT2D eigenvalue weighted by Gasteiger charge is 2.53. The Morgan fingerprint density at radius 3 is 2.22 bits per heavy atom. The second kappa shape index (κ2) is 12.9. The Morgan fingerprint density at radius 2 is 1.58 bits per heavy atom. The highest BCUT2D eigenvalue weighted by Crippen LogP contribution is 2.44. The lowest BCUT2D eigenvalue weighted by Gasteiger charge is -2.47. The summed E-state index contributed by atoms with van der Waals surface area (Å²) in [5.41, 5.74) is 1.56. The smallest absolute Gasteiger partial charge is 0.272 e. The van der Waals surface area contributed by atoms with E-state index in [4.69, 9.17) is 14.2 Å². The summed E-state index contributed by atoms with van der Waals surface area (Å²) in [5.74, 6) is 1.62. The quantitative estimate of drug-likeness (QED) is 0.210. The molecule has 0 bridgehead atoms. The number of nitrogens with one attached hydrogen (secondary N) is 1. The number of carbonyl (C=O) groups excluding carboxylic acids is 2. The molecule has 45 heavy (non-hydrogen) atoms. The average Bonchev–Trinajstić information content (AvgIpc) is 3.24. The lowest BCUT2D eigenvalue weighted by atomic mass is 9.83. The molecule has 6 rings (SSSR count). The summed E-state index contributed by atoms with van der Waals surface area (Å²) in [7, 11) is 3.24. The van der Waals surface area contributed by atoms with Crippen LogP contribution in [0, 0.1) is 0 Å². The van der Waals surface area contributed by atoms with Crippen molar-refractivity contribution in [1.82, 2.24) is 14.8 Å². The molecule has 2 heterocycles. The van der Waals surface area contributed by atoms with Crippen molar-refractivity contribution in [2.75, 3.05) is 14.2 Å². The second-order valence-corrected chi connectivity index (χ2v) is 12.4. The highest BCUT2D eigenvalue weighted by molar-refractivity contribution is 6.06. The molecule has 2 aliphatic rings. The number of carbonyl (C=O) groups is 2. The minimum absolute atomic E-state index is 0.0498. The summed E-state index contributed by atoms with van der Waals surface area (Å²) < 4.78 is 19.3. The maximum atomic E-state index is 15.0. The first-order valence-electron chi connectivity index (χ1n) is 16.0. The van der Waals surface area contributed by atoms with Gasteiger partial charge in [-0.2, -0.15) is 0 Å². The lowest BCUT2D eigenvalue weighted by molar-refractivity contribution is -0.136. The normalized spacial score (nSPS) is 18.9. The number of fused-ring (bicyclic) bond motifs is 3. The number of hydrogen-bond acceptors (Lipinski definition) is 5. The van der Waals surface area contributed by atoms with E-state index < -0.39 is 5.54 Å². The van der Waals surface area contributed by atoms with Gasteiger partial charge in [0, 0.05) is 18.0 Å². The van der Waals surface area contributed by atoms with Crippen molar-refractivity contribution in [3.63, 3.8) is 0 Å².